The summed E-state index contributed by atoms with van der Waals surface area (Å²) in [5, 5.41) is 10.8. The smallest absolute Gasteiger partial charge is 0.0718 e. The van der Waals surface area contributed by atoms with Crippen LogP contribution in [0.25, 0.3) is 0 Å². The Kier molecular flexibility index (Phi) is 12.7. The highest BCUT2D eigenvalue weighted by Crippen LogP contribution is 2.02. The van der Waals surface area contributed by atoms with Crippen LogP contribution < -0.4 is 10.6 Å². The zero-order valence-corrected chi connectivity index (χ0v) is 14.9. The number of benzene rings is 2. The molecule has 2 nitrogen and oxygen atoms in total. The van der Waals surface area contributed by atoms with Gasteiger partial charge < -0.3 is 9.84 Å². The summed E-state index contributed by atoms with van der Waals surface area (Å²) >= 11 is 5.57. The summed E-state index contributed by atoms with van der Waals surface area (Å²) in [7, 11) is 5.26. The van der Waals surface area contributed by atoms with Crippen molar-refractivity contribution in [1.29, 1.82) is 0 Å². The van der Waals surface area contributed by atoms with Crippen molar-refractivity contribution in [3.63, 3.8) is 0 Å². The van der Waals surface area contributed by atoms with Crippen molar-refractivity contribution in [3.05, 3.63) is 59.7 Å². The number of aliphatic hydroxyl groups is 1. The van der Waals surface area contributed by atoms with Crippen molar-refractivity contribution < 1.29 is 9.84 Å². The van der Waals surface area contributed by atoms with Crippen LogP contribution in [0.15, 0.2) is 48.5 Å². The Hall–Kier alpha value is -0.490. The quantitative estimate of drug-likeness (QED) is 0.505. The Morgan fingerprint density at radius 3 is 1.73 bits per heavy atom. The first-order valence-electron chi connectivity index (χ1n) is 6.59. The van der Waals surface area contributed by atoms with E-state index in [4.69, 9.17) is 21.4 Å². The number of rotatable bonds is 5. The third kappa shape index (κ3) is 9.51. The van der Waals surface area contributed by atoms with Gasteiger partial charge in [-0.2, -0.15) is 0 Å². The molecule has 0 aromatic heterocycles. The molecule has 0 amide bonds. The molecule has 5 heteroatoms. The Balaban J connectivity index is 0.000000397. The van der Waals surface area contributed by atoms with Crippen molar-refractivity contribution in [2.24, 2.45) is 0 Å². The van der Waals surface area contributed by atoms with E-state index >= 15 is 0 Å². The average Bonchev–Trinajstić information content (AvgIpc) is 2.51. The molecule has 2 unspecified atom stereocenters. The summed E-state index contributed by atoms with van der Waals surface area (Å²) in [6.07, 6.45) is 0. The number of hydrogen-bond acceptors (Lipinski definition) is 2. The summed E-state index contributed by atoms with van der Waals surface area (Å²) in [6, 6.07) is 16.2. The lowest BCUT2D eigenvalue weighted by Crippen LogP contribution is -2.00. The van der Waals surface area contributed by atoms with E-state index in [-0.39, 0.29) is 14.0 Å². The maximum absolute atomic E-state index is 8.46. The Morgan fingerprint density at radius 1 is 0.864 bits per heavy atom. The molecule has 22 heavy (non-hydrogen) atoms. The first-order valence-corrected chi connectivity index (χ1v) is 8.28. The minimum atomic E-state index is 0. The van der Waals surface area contributed by atoms with Gasteiger partial charge in [0.05, 0.1) is 19.8 Å². The topological polar surface area (TPSA) is 29.5 Å². The standard InChI is InChI=1S/C9H13O2P.C7H8ClP.CH4/c10-5-6-11-7-8-1-3-9(12)4-2-8;8-5-6-1-3-7(9)4-2-6;/h1-4,10H,5-7,12H2;1-4H,5,9H2;1H4. The molecule has 122 valence electrons. The maximum Gasteiger partial charge on any atom is 0.0718 e. The second-order valence-electron chi connectivity index (χ2n) is 4.39. The van der Waals surface area contributed by atoms with E-state index in [0.717, 1.165) is 5.56 Å². The fraction of sp³-hybridized carbons (Fsp3) is 0.294. The van der Waals surface area contributed by atoms with Crippen molar-refractivity contribution in [2.45, 2.75) is 19.9 Å². The molecule has 1 N–H and O–H groups in total. The van der Waals surface area contributed by atoms with E-state index in [1.807, 2.05) is 48.5 Å². The highest BCUT2D eigenvalue weighted by atomic mass is 35.5. The van der Waals surface area contributed by atoms with Gasteiger partial charge in [0, 0.05) is 5.88 Å². The average molecular weight is 359 g/mol. The van der Waals surface area contributed by atoms with Gasteiger partial charge in [-0.15, -0.1) is 30.1 Å². The number of halogens is 1. The highest BCUT2D eigenvalue weighted by molar-refractivity contribution is 7.27. The van der Waals surface area contributed by atoms with Crippen LogP contribution in [-0.2, 0) is 17.2 Å². The third-order valence-corrected chi connectivity index (χ3v) is 3.70. The molecular formula is C17H25ClO2P2. The van der Waals surface area contributed by atoms with Crippen molar-refractivity contribution in [3.8, 4) is 0 Å². The van der Waals surface area contributed by atoms with Crippen molar-refractivity contribution in [1.82, 2.24) is 0 Å². The van der Waals surface area contributed by atoms with Crippen LogP contribution in [0.3, 0.4) is 0 Å². The molecule has 0 fully saturated rings. The lowest BCUT2D eigenvalue weighted by atomic mass is 10.2. The van der Waals surface area contributed by atoms with E-state index in [0.29, 0.717) is 19.1 Å². The van der Waals surface area contributed by atoms with Crippen LogP contribution in [0.4, 0.5) is 0 Å². The van der Waals surface area contributed by atoms with Gasteiger partial charge in [-0.25, -0.2) is 0 Å². The molecule has 0 radical (unpaired) electrons. The molecule has 2 aromatic carbocycles. The summed E-state index contributed by atoms with van der Waals surface area (Å²) in [4.78, 5) is 0. The third-order valence-electron chi connectivity index (χ3n) is 2.62. The molecule has 2 atom stereocenters. The molecule has 0 aliphatic carbocycles. The number of aliphatic hydroxyl groups excluding tert-OH is 1. The largest absolute Gasteiger partial charge is 0.394 e. The number of alkyl halides is 1. The van der Waals surface area contributed by atoms with E-state index < -0.39 is 0 Å². The van der Waals surface area contributed by atoms with Crippen LogP contribution in [0.5, 0.6) is 0 Å². The zero-order chi connectivity index (χ0) is 15.5. The van der Waals surface area contributed by atoms with Crippen molar-refractivity contribution in [2.75, 3.05) is 13.2 Å². The Labute approximate surface area is 143 Å². The monoisotopic (exact) mass is 358 g/mol. The molecule has 0 saturated heterocycles. The predicted molar refractivity (Wildman–Crippen MR) is 105 cm³/mol. The maximum atomic E-state index is 8.46. The minimum absolute atomic E-state index is 0. The SMILES string of the molecule is C.OCCOCc1ccc(P)cc1.Pc1ccc(CCl)cc1. The molecule has 0 bridgehead atoms. The molecule has 0 heterocycles. The highest BCUT2D eigenvalue weighted by Gasteiger charge is 1.91. The van der Waals surface area contributed by atoms with E-state index in [1.165, 1.54) is 16.2 Å². The Bertz CT molecular complexity index is 501. The second kappa shape index (κ2) is 13.0. The molecule has 2 rings (SSSR count). The van der Waals surface area contributed by atoms with Gasteiger partial charge in [0.15, 0.2) is 0 Å². The molecule has 0 aliphatic rings. The fourth-order valence-electron chi connectivity index (χ4n) is 1.48. The normalized spacial score (nSPS) is 9.45. The van der Waals surface area contributed by atoms with E-state index in [1.54, 1.807) is 0 Å². The number of ether oxygens (including phenoxy) is 1. The van der Waals surface area contributed by atoms with Gasteiger partial charge in [0.2, 0.25) is 0 Å². The summed E-state index contributed by atoms with van der Waals surface area (Å²) in [5.41, 5.74) is 2.30. The molecule has 0 saturated carbocycles. The first kappa shape index (κ1) is 21.5. The van der Waals surface area contributed by atoms with Gasteiger partial charge in [-0.05, 0) is 21.7 Å². The zero-order valence-electron chi connectivity index (χ0n) is 11.8. The number of hydrogen-bond donors (Lipinski definition) is 1. The summed E-state index contributed by atoms with van der Waals surface area (Å²) < 4.78 is 5.15. The first-order chi connectivity index (χ1) is 10.2. The van der Waals surface area contributed by atoms with Crippen LogP contribution in [0, 0.1) is 0 Å². The van der Waals surface area contributed by atoms with Gasteiger partial charge in [-0.1, -0.05) is 56.0 Å². The molecular weight excluding hydrogens is 334 g/mol. The van der Waals surface area contributed by atoms with Gasteiger partial charge in [0.25, 0.3) is 0 Å². The second-order valence-corrected chi connectivity index (χ2v) is 5.99. The Morgan fingerprint density at radius 2 is 1.32 bits per heavy atom. The van der Waals surface area contributed by atoms with Crippen LogP contribution in [0.1, 0.15) is 18.6 Å². The lowest BCUT2D eigenvalue weighted by Gasteiger charge is -2.02. The van der Waals surface area contributed by atoms with Gasteiger partial charge >= 0.3 is 0 Å². The van der Waals surface area contributed by atoms with Gasteiger partial charge in [0.1, 0.15) is 0 Å². The molecule has 0 spiro atoms. The van der Waals surface area contributed by atoms with Gasteiger partial charge in [-0.3, -0.25) is 0 Å². The van der Waals surface area contributed by atoms with Crippen LogP contribution >= 0.6 is 30.1 Å². The molecule has 0 aliphatic heterocycles. The minimum Gasteiger partial charge on any atom is -0.394 e. The lowest BCUT2D eigenvalue weighted by molar-refractivity contribution is 0.0816. The van der Waals surface area contributed by atoms with Crippen LogP contribution in [-0.4, -0.2) is 18.3 Å². The summed E-state index contributed by atoms with van der Waals surface area (Å²) in [6.45, 7) is 1.07. The summed E-state index contributed by atoms with van der Waals surface area (Å²) in [5.74, 6) is 0.602. The fourth-order valence-corrected chi connectivity index (χ4v) is 2.04. The van der Waals surface area contributed by atoms with E-state index in [2.05, 4.69) is 18.5 Å². The van der Waals surface area contributed by atoms with Crippen LogP contribution in [0.2, 0.25) is 0 Å². The van der Waals surface area contributed by atoms with E-state index in [9.17, 15) is 0 Å². The predicted octanol–water partition coefficient (Wildman–Crippen LogP) is 3.26. The molecule has 2 aromatic rings. The van der Waals surface area contributed by atoms with Crippen molar-refractivity contribution >= 4 is 40.7 Å².